The van der Waals surface area contributed by atoms with Gasteiger partial charge in [-0.15, -0.1) is 11.8 Å². The molecule has 0 atom stereocenters. The molecule has 0 heterocycles. The zero-order valence-electron chi connectivity index (χ0n) is 9.79. The van der Waals surface area contributed by atoms with E-state index in [4.69, 9.17) is 5.11 Å². The van der Waals surface area contributed by atoms with E-state index in [1.54, 1.807) is 35.7 Å². The summed E-state index contributed by atoms with van der Waals surface area (Å²) in [5.74, 6) is -0.893. The molecule has 0 aliphatic carbocycles. The minimum Gasteiger partial charge on any atom is -0.478 e. The molecular weight excluding hydrogens is 264 g/mol. The molecule has 0 saturated heterocycles. The summed E-state index contributed by atoms with van der Waals surface area (Å²) in [5.41, 5.74) is 0.317. The first-order valence-corrected chi connectivity index (χ1v) is 7.38. The Balaban J connectivity index is 2.15. The maximum atomic E-state index is 10.7. The van der Waals surface area contributed by atoms with Crippen molar-refractivity contribution in [1.82, 2.24) is 0 Å². The van der Waals surface area contributed by atoms with Crippen molar-refractivity contribution in [3.8, 4) is 0 Å². The minimum absolute atomic E-state index is 0.317. The van der Waals surface area contributed by atoms with Gasteiger partial charge in [-0.25, -0.2) is 4.79 Å². The van der Waals surface area contributed by atoms with Crippen molar-refractivity contribution in [2.75, 3.05) is 6.26 Å². The van der Waals surface area contributed by atoms with Crippen molar-refractivity contribution in [1.29, 1.82) is 0 Å². The molecular formula is C14H12O2S2. The molecule has 2 aromatic carbocycles. The number of carboxylic acids is 1. The third-order valence-electron chi connectivity index (χ3n) is 2.38. The Labute approximate surface area is 114 Å². The Morgan fingerprint density at radius 2 is 1.67 bits per heavy atom. The van der Waals surface area contributed by atoms with Crippen LogP contribution in [0, 0.1) is 0 Å². The highest BCUT2D eigenvalue weighted by Crippen LogP contribution is 2.30. The highest BCUT2D eigenvalue weighted by molar-refractivity contribution is 7.99. The smallest absolute Gasteiger partial charge is 0.335 e. The van der Waals surface area contributed by atoms with Crippen molar-refractivity contribution in [3.05, 3.63) is 54.1 Å². The lowest BCUT2D eigenvalue weighted by atomic mass is 10.2. The average Bonchev–Trinajstić information content (AvgIpc) is 2.39. The number of carbonyl (C=O) groups is 1. The normalized spacial score (nSPS) is 10.3. The molecule has 0 aromatic heterocycles. The summed E-state index contributed by atoms with van der Waals surface area (Å²) < 4.78 is 0. The molecule has 1 N–H and O–H groups in total. The van der Waals surface area contributed by atoms with Gasteiger partial charge in [-0.05, 0) is 48.7 Å². The summed E-state index contributed by atoms with van der Waals surface area (Å²) in [5, 5.41) is 8.82. The molecule has 2 nitrogen and oxygen atoms in total. The van der Waals surface area contributed by atoms with Crippen LogP contribution in [0.3, 0.4) is 0 Å². The summed E-state index contributed by atoms with van der Waals surface area (Å²) in [7, 11) is 0. The number of hydrogen-bond donors (Lipinski definition) is 1. The monoisotopic (exact) mass is 276 g/mol. The van der Waals surface area contributed by atoms with Gasteiger partial charge in [0.05, 0.1) is 5.56 Å². The van der Waals surface area contributed by atoms with Crippen molar-refractivity contribution in [2.24, 2.45) is 0 Å². The van der Waals surface area contributed by atoms with E-state index in [9.17, 15) is 4.79 Å². The number of thioether (sulfide) groups is 1. The third-order valence-corrected chi connectivity index (χ3v) is 4.10. The molecule has 0 radical (unpaired) electrons. The second kappa shape index (κ2) is 5.98. The Morgan fingerprint density at radius 1 is 1.00 bits per heavy atom. The number of hydrogen-bond acceptors (Lipinski definition) is 3. The van der Waals surface area contributed by atoms with Crippen LogP contribution < -0.4 is 0 Å². The van der Waals surface area contributed by atoms with E-state index in [-0.39, 0.29) is 0 Å². The van der Waals surface area contributed by atoms with Gasteiger partial charge in [0.25, 0.3) is 0 Å². The van der Waals surface area contributed by atoms with Crippen molar-refractivity contribution >= 4 is 29.5 Å². The van der Waals surface area contributed by atoms with E-state index in [1.165, 1.54) is 4.90 Å². The number of carboxylic acid groups (broad SMARTS) is 1. The van der Waals surface area contributed by atoms with Crippen LogP contribution >= 0.6 is 23.5 Å². The zero-order valence-corrected chi connectivity index (χ0v) is 11.4. The number of benzene rings is 2. The van der Waals surface area contributed by atoms with E-state index in [1.807, 2.05) is 24.5 Å². The van der Waals surface area contributed by atoms with Gasteiger partial charge < -0.3 is 5.11 Å². The molecule has 2 aromatic rings. The van der Waals surface area contributed by atoms with Crippen LogP contribution in [0.25, 0.3) is 0 Å². The summed E-state index contributed by atoms with van der Waals surface area (Å²) in [6.07, 6.45) is 2.05. The Hall–Kier alpha value is -1.39. The molecule has 0 aliphatic heterocycles. The fraction of sp³-hybridized carbons (Fsp3) is 0.0714. The molecule has 18 heavy (non-hydrogen) atoms. The molecule has 2 rings (SSSR count). The second-order valence-electron chi connectivity index (χ2n) is 3.61. The molecule has 0 bridgehead atoms. The van der Waals surface area contributed by atoms with Crippen LogP contribution in [0.1, 0.15) is 10.4 Å². The minimum atomic E-state index is -0.893. The highest BCUT2D eigenvalue weighted by atomic mass is 32.2. The maximum absolute atomic E-state index is 10.7. The lowest BCUT2D eigenvalue weighted by Crippen LogP contribution is -1.94. The lowest BCUT2D eigenvalue weighted by molar-refractivity contribution is 0.0697. The van der Waals surface area contributed by atoms with Gasteiger partial charge in [0, 0.05) is 14.7 Å². The van der Waals surface area contributed by atoms with Gasteiger partial charge in [0.15, 0.2) is 0 Å². The fourth-order valence-corrected chi connectivity index (χ4v) is 2.88. The van der Waals surface area contributed by atoms with Gasteiger partial charge in [-0.1, -0.05) is 17.8 Å². The standard InChI is InChI=1S/C14H12O2S2/c1-17-12-3-2-4-13(9-12)18-11-7-5-10(6-8-11)14(15)16/h2-9H,1H3,(H,15,16). The van der Waals surface area contributed by atoms with Gasteiger partial charge in [-0.2, -0.15) is 0 Å². The van der Waals surface area contributed by atoms with Gasteiger partial charge in [0.1, 0.15) is 0 Å². The van der Waals surface area contributed by atoms with Crippen molar-refractivity contribution < 1.29 is 9.90 Å². The van der Waals surface area contributed by atoms with E-state index in [2.05, 4.69) is 18.2 Å². The predicted octanol–water partition coefficient (Wildman–Crippen LogP) is 4.26. The number of rotatable bonds is 4. The summed E-state index contributed by atoms with van der Waals surface area (Å²) in [4.78, 5) is 14.2. The predicted molar refractivity (Wildman–Crippen MR) is 75.7 cm³/mol. The van der Waals surface area contributed by atoms with Crippen molar-refractivity contribution in [2.45, 2.75) is 14.7 Å². The average molecular weight is 276 g/mol. The first-order valence-electron chi connectivity index (χ1n) is 5.34. The molecule has 92 valence electrons. The molecule has 4 heteroatoms. The topological polar surface area (TPSA) is 37.3 Å². The fourth-order valence-electron chi connectivity index (χ4n) is 1.47. The Kier molecular flexibility index (Phi) is 4.33. The van der Waals surface area contributed by atoms with Crippen LogP contribution in [0.4, 0.5) is 0 Å². The summed E-state index contributed by atoms with van der Waals surface area (Å²) >= 11 is 3.34. The second-order valence-corrected chi connectivity index (χ2v) is 5.64. The molecule has 0 amide bonds. The third kappa shape index (κ3) is 3.31. The maximum Gasteiger partial charge on any atom is 0.335 e. The van der Waals surface area contributed by atoms with E-state index in [0.717, 1.165) is 9.79 Å². The van der Waals surface area contributed by atoms with Gasteiger partial charge >= 0.3 is 5.97 Å². The van der Waals surface area contributed by atoms with Crippen LogP contribution in [-0.2, 0) is 0 Å². The first-order chi connectivity index (χ1) is 8.69. The Bertz CT molecular complexity index is 550. The van der Waals surface area contributed by atoms with Gasteiger partial charge in [-0.3, -0.25) is 0 Å². The molecule has 0 fully saturated rings. The van der Waals surface area contributed by atoms with Crippen LogP contribution in [0.15, 0.2) is 63.2 Å². The molecule has 0 saturated carbocycles. The molecule has 0 spiro atoms. The van der Waals surface area contributed by atoms with Crippen LogP contribution in [-0.4, -0.2) is 17.3 Å². The van der Waals surface area contributed by atoms with Crippen LogP contribution in [0.2, 0.25) is 0 Å². The van der Waals surface area contributed by atoms with E-state index in [0.29, 0.717) is 5.56 Å². The molecule has 0 unspecified atom stereocenters. The highest BCUT2D eigenvalue weighted by Gasteiger charge is 2.03. The Morgan fingerprint density at radius 3 is 2.28 bits per heavy atom. The van der Waals surface area contributed by atoms with E-state index < -0.39 is 5.97 Å². The van der Waals surface area contributed by atoms with Crippen LogP contribution in [0.5, 0.6) is 0 Å². The van der Waals surface area contributed by atoms with Crippen molar-refractivity contribution in [3.63, 3.8) is 0 Å². The lowest BCUT2D eigenvalue weighted by Gasteiger charge is -2.04. The summed E-state index contributed by atoms with van der Waals surface area (Å²) in [6, 6.07) is 15.2. The largest absolute Gasteiger partial charge is 0.478 e. The molecule has 0 aliphatic rings. The van der Waals surface area contributed by atoms with Gasteiger partial charge in [0.2, 0.25) is 0 Å². The summed E-state index contributed by atoms with van der Waals surface area (Å²) in [6.45, 7) is 0. The van der Waals surface area contributed by atoms with E-state index >= 15 is 0 Å². The number of aromatic carboxylic acids is 1. The quantitative estimate of drug-likeness (QED) is 0.847. The first kappa shape index (κ1) is 13.1. The SMILES string of the molecule is CSc1cccc(Sc2ccc(C(=O)O)cc2)c1. The zero-order chi connectivity index (χ0) is 13.0.